The van der Waals surface area contributed by atoms with E-state index in [9.17, 15) is 5.11 Å². The lowest BCUT2D eigenvalue weighted by atomic mass is 9.57. The standard InChI is InChI=1S/C53H54N2O2/c1-3-5-19-36(4-2)35-57-50-34-48(54-52(55-50)44-28-17-18-29-49(44)56)45-33-47-51(42-27-16-15-26-41(42)45)43-31-30-38(37-20-9-6-10-21-37)32-46(43)53(47,39-22-11-7-12-23-39)40-24-13-8-14-25-40/h6-14,16-18,20-24,27-34,36,40-43,46,56H,3-5,15,19,25-26,35H2,1-2H3. The van der Waals surface area contributed by atoms with Gasteiger partial charge in [-0.25, -0.2) is 4.98 Å². The van der Waals surface area contributed by atoms with Crippen molar-refractivity contribution in [3.8, 4) is 23.0 Å². The van der Waals surface area contributed by atoms with Crippen LogP contribution < -0.4 is 4.74 Å². The largest absolute Gasteiger partial charge is 0.507 e. The number of aromatic nitrogens is 2. The first-order valence-electron chi connectivity index (χ1n) is 21.4. The van der Waals surface area contributed by atoms with Gasteiger partial charge in [0.1, 0.15) is 5.75 Å². The lowest BCUT2D eigenvalue weighted by Crippen LogP contribution is -2.42. The quantitative estimate of drug-likeness (QED) is 0.147. The highest BCUT2D eigenvalue weighted by atomic mass is 16.5. The molecule has 0 radical (unpaired) electrons. The van der Waals surface area contributed by atoms with E-state index in [2.05, 4.69) is 141 Å². The van der Waals surface area contributed by atoms with Crippen molar-refractivity contribution < 1.29 is 9.84 Å². The number of fused-ring (bicyclic) bond motifs is 4. The van der Waals surface area contributed by atoms with Crippen LogP contribution in [0.4, 0.5) is 0 Å². The summed E-state index contributed by atoms with van der Waals surface area (Å²) in [4.78, 5) is 10.3. The Labute approximate surface area is 338 Å². The van der Waals surface area contributed by atoms with Crippen molar-refractivity contribution in [1.29, 1.82) is 0 Å². The third kappa shape index (κ3) is 6.77. The summed E-state index contributed by atoms with van der Waals surface area (Å²) in [6.07, 6.45) is 31.9. The number of aromatic hydroxyl groups is 1. The van der Waals surface area contributed by atoms with E-state index in [0.29, 0.717) is 29.8 Å². The van der Waals surface area contributed by atoms with Gasteiger partial charge in [0.05, 0.1) is 17.9 Å². The molecule has 0 saturated carbocycles. The Morgan fingerprint density at radius 3 is 2.44 bits per heavy atom. The zero-order valence-corrected chi connectivity index (χ0v) is 33.3. The summed E-state index contributed by atoms with van der Waals surface area (Å²) in [5.41, 5.74) is 9.34. The highest BCUT2D eigenvalue weighted by molar-refractivity contribution is 5.81. The van der Waals surface area contributed by atoms with Crippen molar-refractivity contribution >= 4 is 11.1 Å². The maximum atomic E-state index is 11.1. The number of nitrogens with zero attached hydrogens (tertiary/aromatic N) is 2. The van der Waals surface area contributed by atoms with Crippen LogP contribution in [0.25, 0.3) is 22.5 Å². The van der Waals surface area contributed by atoms with Gasteiger partial charge in [0, 0.05) is 29.2 Å². The third-order valence-corrected chi connectivity index (χ3v) is 13.4. The topological polar surface area (TPSA) is 55.2 Å². The van der Waals surface area contributed by atoms with Crippen LogP contribution >= 0.6 is 0 Å². The fourth-order valence-electron chi connectivity index (χ4n) is 10.6. The minimum atomic E-state index is -0.324. The molecule has 0 amide bonds. The monoisotopic (exact) mass is 750 g/mol. The van der Waals surface area contributed by atoms with Crippen molar-refractivity contribution in [1.82, 2.24) is 9.97 Å². The molecule has 5 aliphatic rings. The second kappa shape index (κ2) is 16.2. The minimum Gasteiger partial charge on any atom is -0.507 e. The number of benzene rings is 3. The van der Waals surface area contributed by atoms with Crippen LogP contribution in [0, 0.1) is 35.5 Å². The minimum absolute atomic E-state index is 0.170. The molecule has 1 heterocycles. The molecule has 288 valence electrons. The van der Waals surface area contributed by atoms with E-state index in [1.807, 2.05) is 18.2 Å². The molecule has 9 rings (SSSR count). The maximum absolute atomic E-state index is 11.1. The van der Waals surface area contributed by atoms with Crippen LogP contribution in [0.15, 0.2) is 163 Å². The van der Waals surface area contributed by atoms with E-state index in [-0.39, 0.29) is 40.8 Å². The third-order valence-electron chi connectivity index (χ3n) is 13.4. The van der Waals surface area contributed by atoms with Crippen LogP contribution in [0.3, 0.4) is 0 Å². The number of phenolic OH excluding ortho intramolecular Hbond substituents is 1. The molecule has 0 bridgehead atoms. The Kier molecular flexibility index (Phi) is 10.5. The number of allylic oxidation sites excluding steroid dienone is 14. The summed E-state index contributed by atoms with van der Waals surface area (Å²) >= 11 is 0. The summed E-state index contributed by atoms with van der Waals surface area (Å²) in [5.74, 6) is 2.91. The molecule has 1 aromatic heterocycles. The number of hydrogen-bond acceptors (Lipinski definition) is 4. The molecule has 0 aliphatic heterocycles. The molecule has 4 nitrogen and oxygen atoms in total. The first-order valence-corrected chi connectivity index (χ1v) is 21.4. The first kappa shape index (κ1) is 37.1. The predicted molar refractivity (Wildman–Crippen MR) is 233 cm³/mol. The van der Waals surface area contributed by atoms with Gasteiger partial charge in [-0.05, 0) is 83.4 Å². The molecule has 7 unspecified atom stereocenters. The average molecular weight is 751 g/mol. The summed E-state index contributed by atoms with van der Waals surface area (Å²) in [6.45, 7) is 5.11. The number of hydrogen-bond donors (Lipinski definition) is 1. The number of unbranched alkanes of at least 4 members (excludes halogenated alkanes) is 1. The van der Waals surface area contributed by atoms with Crippen LogP contribution in [-0.4, -0.2) is 21.7 Å². The Hall–Kier alpha value is -5.48. The molecule has 7 atom stereocenters. The number of phenols is 1. The van der Waals surface area contributed by atoms with Crippen molar-refractivity contribution in [2.75, 3.05) is 6.61 Å². The normalized spacial score (nSPS) is 26.3. The number of ether oxygens (including phenoxy) is 1. The van der Waals surface area contributed by atoms with Crippen molar-refractivity contribution in [2.45, 2.75) is 64.2 Å². The molecule has 0 spiro atoms. The lowest BCUT2D eigenvalue weighted by Gasteiger charge is -2.45. The van der Waals surface area contributed by atoms with Crippen LogP contribution in [0.2, 0.25) is 0 Å². The van der Waals surface area contributed by atoms with Crippen LogP contribution in [0.5, 0.6) is 11.6 Å². The summed E-state index contributed by atoms with van der Waals surface area (Å²) in [5, 5.41) is 11.1. The van der Waals surface area contributed by atoms with E-state index >= 15 is 0 Å². The fourth-order valence-corrected chi connectivity index (χ4v) is 10.6. The van der Waals surface area contributed by atoms with Gasteiger partial charge in [-0.2, -0.15) is 4.98 Å². The van der Waals surface area contributed by atoms with Gasteiger partial charge in [0.15, 0.2) is 5.82 Å². The average Bonchev–Trinajstić information content (AvgIpc) is 3.57. The van der Waals surface area contributed by atoms with Crippen molar-refractivity contribution in [2.24, 2.45) is 35.5 Å². The Balaban J connectivity index is 1.26. The van der Waals surface area contributed by atoms with E-state index in [1.165, 1.54) is 40.7 Å². The Morgan fingerprint density at radius 2 is 1.67 bits per heavy atom. The second-order valence-electron chi connectivity index (χ2n) is 16.6. The molecular weight excluding hydrogens is 697 g/mol. The molecule has 0 saturated heterocycles. The van der Waals surface area contributed by atoms with Gasteiger partial charge < -0.3 is 9.84 Å². The first-order chi connectivity index (χ1) is 28.1. The SMILES string of the molecule is CCCCC(CC)COc1cc(C2=CC3=C(C4C=CCCC24)C2C=CC(c4ccccc4)=CC2C3(c2ccccc2)C2C=CC=CC2)nc(-c2ccccc2O)n1. The molecule has 1 N–H and O–H groups in total. The molecule has 4 aromatic rings. The van der Waals surface area contributed by atoms with Gasteiger partial charge in [-0.1, -0.05) is 172 Å². The van der Waals surface area contributed by atoms with Gasteiger partial charge in [-0.3, -0.25) is 0 Å². The summed E-state index contributed by atoms with van der Waals surface area (Å²) in [6, 6.07) is 31.7. The van der Waals surface area contributed by atoms with Crippen molar-refractivity contribution in [3.05, 3.63) is 180 Å². The predicted octanol–water partition coefficient (Wildman–Crippen LogP) is 12.7. The highest BCUT2D eigenvalue weighted by Gasteiger charge is 2.59. The molecule has 5 aliphatic carbocycles. The van der Waals surface area contributed by atoms with Gasteiger partial charge >= 0.3 is 0 Å². The van der Waals surface area contributed by atoms with Gasteiger partial charge in [0.25, 0.3) is 0 Å². The van der Waals surface area contributed by atoms with Gasteiger partial charge in [-0.15, -0.1) is 0 Å². The number of para-hydroxylation sites is 1. The molecular formula is C53H54N2O2. The van der Waals surface area contributed by atoms with E-state index in [0.717, 1.165) is 37.8 Å². The van der Waals surface area contributed by atoms with E-state index in [4.69, 9.17) is 14.7 Å². The number of rotatable bonds is 12. The summed E-state index contributed by atoms with van der Waals surface area (Å²) in [7, 11) is 0. The molecule has 3 aromatic carbocycles. The van der Waals surface area contributed by atoms with Crippen LogP contribution in [0.1, 0.15) is 75.6 Å². The summed E-state index contributed by atoms with van der Waals surface area (Å²) < 4.78 is 6.63. The van der Waals surface area contributed by atoms with E-state index < -0.39 is 0 Å². The molecule has 0 fully saturated rings. The maximum Gasteiger partial charge on any atom is 0.217 e. The highest BCUT2D eigenvalue weighted by Crippen LogP contribution is 2.65. The van der Waals surface area contributed by atoms with Crippen LogP contribution in [-0.2, 0) is 5.41 Å². The Bertz CT molecular complexity index is 2310. The Morgan fingerprint density at radius 1 is 0.860 bits per heavy atom. The zero-order chi connectivity index (χ0) is 38.8. The van der Waals surface area contributed by atoms with E-state index in [1.54, 1.807) is 11.6 Å². The second-order valence-corrected chi connectivity index (χ2v) is 16.6. The molecule has 4 heteroatoms. The van der Waals surface area contributed by atoms with Gasteiger partial charge in [0.2, 0.25) is 5.88 Å². The van der Waals surface area contributed by atoms with Crippen molar-refractivity contribution in [3.63, 3.8) is 0 Å². The molecule has 57 heavy (non-hydrogen) atoms. The fraction of sp³-hybridized carbons (Fsp3) is 0.321. The lowest BCUT2D eigenvalue weighted by molar-refractivity contribution is 0.225. The zero-order valence-electron chi connectivity index (χ0n) is 33.3. The smallest absolute Gasteiger partial charge is 0.217 e.